The fraction of sp³-hybridized carbons (Fsp3) is 0.667. The van der Waals surface area contributed by atoms with Gasteiger partial charge in [-0.2, -0.15) is 0 Å². The molecular weight excluding hydrogens is 150 g/mol. The Morgan fingerprint density at radius 3 is 2.12 bits per heavy atom. The first-order valence-corrected chi connectivity index (χ1v) is 3.82. The minimum atomic E-state index is -1.88. The lowest BCUT2D eigenvalue weighted by molar-refractivity contribution is 0.239. The van der Waals surface area contributed by atoms with Gasteiger partial charge in [-0.05, 0) is 0 Å². The molecule has 3 nitrogen and oxygen atoms in total. The molecule has 0 bridgehead atoms. The van der Waals surface area contributed by atoms with E-state index in [9.17, 15) is 9.35 Å². The summed E-state index contributed by atoms with van der Waals surface area (Å²) in [5.41, 5.74) is 0. The lowest BCUT2D eigenvalue weighted by Crippen LogP contribution is -2.24. The molecule has 1 unspecified atom stereocenters. The second kappa shape index (κ2) is 3.17. The number of hydrogen-bond acceptors (Lipinski definition) is 2. The molecule has 8 heavy (non-hydrogen) atoms. The maximum Gasteiger partial charge on any atom is 0.449 e. The molecule has 5 heteroatoms. The largest absolute Gasteiger partial charge is 0.590 e. The Morgan fingerprint density at radius 2 is 2.12 bits per heavy atom. The Kier molecular flexibility index (Phi) is 3.19. The van der Waals surface area contributed by atoms with Gasteiger partial charge < -0.3 is 9.45 Å². The highest BCUT2D eigenvalue weighted by Gasteiger charge is 2.18. The number of halogens is 1. The van der Waals surface area contributed by atoms with Crippen molar-refractivity contribution in [3.05, 3.63) is 0 Å². The monoisotopic (exact) mass is 155 g/mol. The maximum absolute atomic E-state index is 10.3. The molecule has 0 heterocycles. The van der Waals surface area contributed by atoms with Crippen molar-refractivity contribution >= 4 is 26.3 Å². The van der Waals surface area contributed by atoms with Gasteiger partial charge in [0.05, 0.1) is 0 Å². The van der Waals surface area contributed by atoms with Crippen LogP contribution in [0.25, 0.3) is 0 Å². The number of hydrogen-bond donors (Lipinski definition) is 0. The summed E-state index contributed by atoms with van der Waals surface area (Å²) in [6.45, 7) is 0. The minimum absolute atomic E-state index is 0.577. The van der Waals surface area contributed by atoms with Gasteiger partial charge in [0.2, 0.25) is 0 Å². The van der Waals surface area contributed by atoms with E-state index in [0.717, 1.165) is 0 Å². The number of carbonyl (C=O) groups excluding carboxylic acids is 1. The molecule has 0 radical (unpaired) electrons. The van der Waals surface area contributed by atoms with Crippen LogP contribution in [0.4, 0.5) is 4.79 Å². The molecule has 0 aromatic heterocycles. The van der Waals surface area contributed by atoms with Crippen molar-refractivity contribution < 1.29 is 9.35 Å². The Balaban J connectivity index is 3.65. The van der Waals surface area contributed by atoms with Gasteiger partial charge in [-0.3, -0.25) is 0 Å². The first-order chi connectivity index (χ1) is 3.55. The van der Waals surface area contributed by atoms with Crippen LogP contribution in [0.5, 0.6) is 0 Å². The molecule has 0 aromatic carbocycles. The zero-order valence-corrected chi connectivity index (χ0v) is 6.12. The highest BCUT2D eigenvalue weighted by Crippen LogP contribution is 2.00. The molecule has 0 saturated carbocycles. The van der Waals surface area contributed by atoms with Crippen LogP contribution in [0.3, 0.4) is 0 Å². The summed E-state index contributed by atoms with van der Waals surface area (Å²) in [6, 6.07) is 0. The Labute approximate surface area is 55.3 Å². The fourth-order valence-electron chi connectivity index (χ4n) is 0.144. The number of carbonyl (C=O) groups is 1. The standard InChI is InChI=1S/C3H6ClNO2S/c1-5(2)3(6)8(4)7/h1-2H3. The molecule has 0 aliphatic rings. The molecule has 0 aliphatic heterocycles. The highest BCUT2D eigenvalue weighted by molar-refractivity contribution is 8.25. The molecule has 0 aromatic rings. The summed E-state index contributed by atoms with van der Waals surface area (Å²) in [6.07, 6.45) is 0. The third-order valence-corrected chi connectivity index (χ3v) is 1.54. The van der Waals surface area contributed by atoms with E-state index in [0.29, 0.717) is 0 Å². The number of rotatable bonds is 0. The summed E-state index contributed by atoms with van der Waals surface area (Å²) in [4.78, 5) is 11.5. The van der Waals surface area contributed by atoms with Crippen LogP contribution in [-0.2, 0) is 10.4 Å². The summed E-state index contributed by atoms with van der Waals surface area (Å²) in [5, 5.41) is -0.577. The Hall–Kier alpha value is 0.0700. The van der Waals surface area contributed by atoms with E-state index in [2.05, 4.69) is 0 Å². The van der Waals surface area contributed by atoms with Gasteiger partial charge >= 0.3 is 5.24 Å². The van der Waals surface area contributed by atoms with E-state index < -0.39 is 15.6 Å². The summed E-state index contributed by atoms with van der Waals surface area (Å²) in [5.74, 6) is 0. The van der Waals surface area contributed by atoms with E-state index in [1.165, 1.54) is 19.0 Å². The molecule has 1 amide bonds. The average molecular weight is 156 g/mol. The predicted molar refractivity (Wildman–Crippen MR) is 33.1 cm³/mol. The summed E-state index contributed by atoms with van der Waals surface area (Å²) < 4.78 is 10.1. The van der Waals surface area contributed by atoms with Crippen LogP contribution >= 0.6 is 10.7 Å². The summed E-state index contributed by atoms with van der Waals surface area (Å²) >= 11 is 0. The molecule has 0 aliphatic carbocycles. The van der Waals surface area contributed by atoms with Gasteiger partial charge in [0.25, 0.3) is 0 Å². The Bertz CT molecular complexity index is 85.3. The van der Waals surface area contributed by atoms with Gasteiger partial charge in [0.15, 0.2) is 21.1 Å². The minimum Gasteiger partial charge on any atom is -0.590 e. The molecule has 0 spiro atoms. The maximum atomic E-state index is 10.3. The second-order valence-electron chi connectivity index (χ2n) is 1.38. The average Bonchev–Trinajstić information content (AvgIpc) is 1.64. The van der Waals surface area contributed by atoms with Crippen LogP contribution in [-0.4, -0.2) is 28.8 Å². The molecule has 0 fully saturated rings. The van der Waals surface area contributed by atoms with Crippen molar-refractivity contribution in [1.29, 1.82) is 0 Å². The van der Waals surface area contributed by atoms with Crippen molar-refractivity contribution in [3.63, 3.8) is 0 Å². The fourth-order valence-corrected chi connectivity index (χ4v) is 0.845. The third kappa shape index (κ3) is 2.40. The van der Waals surface area contributed by atoms with Gasteiger partial charge in [-0.1, -0.05) is 0 Å². The number of nitrogens with zero attached hydrogens (tertiary/aromatic N) is 1. The van der Waals surface area contributed by atoms with Crippen LogP contribution in [0.15, 0.2) is 0 Å². The van der Waals surface area contributed by atoms with Gasteiger partial charge in [0, 0.05) is 14.1 Å². The second-order valence-corrected chi connectivity index (χ2v) is 3.02. The quantitative estimate of drug-likeness (QED) is 0.480. The van der Waals surface area contributed by atoms with E-state index in [-0.39, 0.29) is 0 Å². The highest BCUT2D eigenvalue weighted by atomic mass is 35.7. The van der Waals surface area contributed by atoms with Crippen molar-refractivity contribution in [2.24, 2.45) is 0 Å². The molecule has 0 rings (SSSR count). The van der Waals surface area contributed by atoms with Crippen molar-refractivity contribution in [2.75, 3.05) is 14.1 Å². The van der Waals surface area contributed by atoms with E-state index in [4.69, 9.17) is 10.7 Å². The van der Waals surface area contributed by atoms with E-state index in [1.807, 2.05) is 0 Å². The van der Waals surface area contributed by atoms with E-state index in [1.54, 1.807) is 0 Å². The first kappa shape index (κ1) is 8.07. The van der Waals surface area contributed by atoms with Crippen LogP contribution in [0, 0.1) is 0 Å². The molecule has 1 atom stereocenters. The normalized spacial score (nSPS) is 13.0. The van der Waals surface area contributed by atoms with Gasteiger partial charge in [-0.15, -0.1) is 0 Å². The third-order valence-electron chi connectivity index (χ3n) is 0.502. The predicted octanol–water partition coefficient (Wildman–Crippen LogP) is 0.571. The zero-order chi connectivity index (χ0) is 6.73. The lowest BCUT2D eigenvalue weighted by atomic mass is 11.0. The molecule has 0 saturated heterocycles. The summed E-state index contributed by atoms with van der Waals surface area (Å²) in [7, 11) is 6.00. The smallest absolute Gasteiger partial charge is 0.449 e. The number of amides is 1. The van der Waals surface area contributed by atoms with Crippen LogP contribution < -0.4 is 0 Å². The van der Waals surface area contributed by atoms with Crippen LogP contribution in [0.2, 0.25) is 0 Å². The van der Waals surface area contributed by atoms with Crippen LogP contribution in [0.1, 0.15) is 0 Å². The van der Waals surface area contributed by atoms with Gasteiger partial charge in [0.1, 0.15) is 0 Å². The van der Waals surface area contributed by atoms with Gasteiger partial charge in [-0.25, -0.2) is 4.79 Å². The topological polar surface area (TPSA) is 43.4 Å². The first-order valence-electron chi connectivity index (χ1n) is 1.85. The van der Waals surface area contributed by atoms with E-state index >= 15 is 0 Å². The zero-order valence-electron chi connectivity index (χ0n) is 4.55. The van der Waals surface area contributed by atoms with Crippen molar-refractivity contribution in [3.8, 4) is 0 Å². The molecule has 48 valence electrons. The Morgan fingerprint density at radius 1 is 1.75 bits per heavy atom. The van der Waals surface area contributed by atoms with Crippen molar-refractivity contribution in [1.82, 2.24) is 4.90 Å². The molecular formula is C3H6ClNO2S. The van der Waals surface area contributed by atoms with Crippen molar-refractivity contribution in [2.45, 2.75) is 0 Å². The SMILES string of the molecule is CN(C)C(=O)[S+]([O-])Cl. The lowest BCUT2D eigenvalue weighted by Gasteiger charge is -2.04. The molecule has 0 N–H and O–H groups in total.